The van der Waals surface area contributed by atoms with Gasteiger partial charge in [0, 0.05) is 23.1 Å². The predicted octanol–water partition coefficient (Wildman–Crippen LogP) is 4.76. The lowest BCUT2D eigenvalue weighted by Crippen LogP contribution is -1.98. The van der Waals surface area contributed by atoms with Crippen LogP contribution in [-0.4, -0.2) is 9.30 Å². The van der Waals surface area contributed by atoms with E-state index in [1.54, 1.807) is 41.7 Å². The van der Waals surface area contributed by atoms with Crippen molar-refractivity contribution in [1.82, 2.24) is 0 Å². The molecule has 2 aromatic carbocycles. The lowest BCUT2D eigenvalue weighted by atomic mass is 10.2. The Morgan fingerprint density at radius 1 is 1.19 bits per heavy atom. The van der Waals surface area contributed by atoms with Gasteiger partial charge in [0.05, 0.1) is 10.6 Å². The number of rotatable bonds is 3. The van der Waals surface area contributed by atoms with Crippen molar-refractivity contribution in [2.24, 2.45) is 4.99 Å². The van der Waals surface area contributed by atoms with Gasteiger partial charge in [-0.05, 0) is 11.6 Å². The Morgan fingerprint density at radius 3 is 2.81 bits per heavy atom. The summed E-state index contributed by atoms with van der Waals surface area (Å²) >= 11 is 3.24. The van der Waals surface area contributed by atoms with E-state index in [9.17, 15) is 10.1 Å². The largest absolute Gasteiger partial charge is 0.273 e. The minimum Gasteiger partial charge on any atom is -0.258 e. The van der Waals surface area contributed by atoms with Crippen molar-refractivity contribution < 1.29 is 4.92 Å². The predicted molar refractivity (Wildman–Crippen MR) is 89.2 cm³/mol. The van der Waals surface area contributed by atoms with Crippen LogP contribution < -0.4 is 0 Å². The number of nitro groups is 1. The van der Waals surface area contributed by atoms with Gasteiger partial charge in [0.25, 0.3) is 5.69 Å². The highest BCUT2D eigenvalue weighted by Crippen LogP contribution is 2.36. The fraction of sp³-hybridized carbons (Fsp3) is 0.133. The molecule has 0 saturated carbocycles. The first kappa shape index (κ1) is 14.2. The minimum absolute atomic E-state index is 0.173. The molecule has 6 heteroatoms. The molecule has 0 spiro atoms. The van der Waals surface area contributed by atoms with Gasteiger partial charge in [0.2, 0.25) is 0 Å². The molecule has 0 atom stereocenters. The highest BCUT2D eigenvalue weighted by molar-refractivity contribution is 8.38. The zero-order valence-corrected chi connectivity index (χ0v) is 12.7. The van der Waals surface area contributed by atoms with E-state index in [0.717, 1.165) is 21.4 Å². The maximum atomic E-state index is 11.0. The van der Waals surface area contributed by atoms with Crippen molar-refractivity contribution >= 4 is 39.3 Å². The summed E-state index contributed by atoms with van der Waals surface area (Å²) < 4.78 is 0.965. The van der Waals surface area contributed by atoms with Gasteiger partial charge in [0.15, 0.2) is 0 Å². The van der Waals surface area contributed by atoms with Crippen LogP contribution in [0.3, 0.4) is 0 Å². The van der Waals surface area contributed by atoms with Crippen molar-refractivity contribution in [3.8, 4) is 0 Å². The highest BCUT2D eigenvalue weighted by Gasteiger charge is 2.16. The molecule has 0 saturated heterocycles. The van der Waals surface area contributed by atoms with Crippen molar-refractivity contribution in [2.75, 3.05) is 0 Å². The quantitative estimate of drug-likeness (QED) is 0.605. The van der Waals surface area contributed by atoms with Gasteiger partial charge in [-0.15, -0.1) is 0 Å². The molecule has 0 bridgehead atoms. The van der Waals surface area contributed by atoms with E-state index in [0.29, 0.717) is 5.75 Å². The summed E-state index contributed by atoms with van der Waals surface area (Å²) in [4.78, 5) is 15.3. The van der Waals surface area contributed by atoms with E-state index in [1.165, 1.54) is 5.56 Å². The molecule has 1 heterocycles. The van der Waals surface area contributed by atoms with Gasteiger partial charge in [-0.25, -0.2) is 4.99 Å². The van der Waals surface area contributed by atoms with Crippen molar-refractivity contribution in [2.45, 2.75) is 11.5 Å². The molecule has 0 aliphatic carbocycles. The fourth-order valence-corrected chi connectivity index (χ4v) is 4.10. The number of aliphatic imine (C=N–C) groups is 1. The molecule has 0 fully saturated rings. The van der Waals surface area contributed by atoms with Crippen LogP contribution in [0.5, 0.6) is 0 Å². The molecule has 4 nitrogen and oxygen atoms in total. The Balaban J connectivity index is 1.75. The fourth-order valence-electron chi connectivity index (χ4n) is 2.04. The topological polar surface area (TPSA) is 55.5 Å². The van der Waals surface area contributed by atoms with Crippen molar-refractivity contribution in [3.63, 3.8) is 0 Å². The summed E-state index contributed by atoms with van der Waals surface area (Å²) in [7, 11) is 0. The molecule has 2 aromatic rings. The lowest BCUT2D eigenvalue weighted by molar-refractivity contribution is -0.385. The Bertz CT molecular complexity index is 716. The molecule has 0 aromatic heterocycles. The third-order valence-corrected chi connectivity index (χ3v) is 5.39. The van der Waals surface area contributed by atoms with Gasteiger partial charge < -0.3 is 0 Å². The van der Waals surface area contributed by atoms with E-state index in [-0.39, 0.29) is 10.6 Å². The first-order valence-corrected chi connectivity index (χ1v) is 8.35. The summed E-state index contributed by atoms with van der Waals surface area (Å²) in [5.74, 6) is 1.46. The Hall–Kier alpha value is -1.79. The first-order chi connectivity index (χ1) is 10.2. The lowest BCUT2D eigenvalue weighted by Gasteiger charge is -2.14. The zero-order chi connectivity index (χ0) is 14.7. The van der Waals surface area contributed by atoms with Gasteiger partial charge in [0.1, 0.15) is 4.38 Å². The van der Waals surface area contributed by atoms with Crippen LogP contribution in [0.1, 0.15) is 11.1 Å². The smallest absolute Gasteiger partial charge is 0.258 e. The number of benzene rings is 2. The van der Waals surface area contributed by atoms with E-state index >= 15 is 0 Å². The molecule has 1 aliphatic heterocycles. The van der Waals surface area contributed by atoms with Crippen molar-refractivity contribution in [3.05, 3.63) is 69.8 Å². The Kier molecular flexibility index (Phi) is 4.26. The average Bonchev–Trinajstić information content (AvgIpc) is 2.53. The SMILES string of the molecule is O=[N+]([O-])c1ccccc1CSC1=Nc2ccccc2CS1. The molecular weight excluding hydrogens is 304 g/mol. The molecule has 21 heavy (non-hydrogen) atoms. The maximum Gasteiger partial charge on any atom is 0.273 e. The van der Waals surface area contributed by atoms with Crippen molar-refractivity contribution in [1.29, 1.82) is 0 Å². The molecular formula is C15H12N2O2S2. The summed E-state index contributed by atoms with van der Waals surface area (Å²) in [6, 6.07) is 14.9. The second-order valence-electron chi connectivity index (χ2n) is 4.47. The minimum atomic E-state index is -0.332. The number of fused-ring (bicyclic) bond motifs is 1. The third-order valence-electron chi connectivity index (χ3n) is 3.09. The summed E-state index contributed by atoms with van der Waals surface area (Å²) in [6.07, 6.45) is 0. The van der Waals surface area contributed by atoms with Gasteiger partial charge in [-0.1, -0.05) is 59.9 Å². The molecule has 0 radical (unpaired) electrons. The van der Waals surface area contributed by atoms with Crippen LogP contribution in [0.15, 0.2) is 53.5 Å². The van der Waals surface area contributed by atoms with E-state index in [2.05, 4.69) is 11.1 Å². The second-order valence-corrected chi connectivity index (χ2v) is 6.66. The van der Waals surface area contributed by atoms with Gasteiger partial charge in [-0.3, -0.25) is 10.1 Å². The number of hydrogen-bond donors (Lipinski definition) is 0. The highest BCUT2D eigenvalue weighted by atomic mass is 32.2. The van der Waals surface area contributed by atoms with Crippen LogP contribution in [-0.2, 0) is 11.5 Å². The zero-order valence-electron chi connectivity index (χ0n) is 11.1. The van der Waals surface area contributed by atoms with Crippen LogP contribution in [0.25, 0.3) is 0 Å². The molecule has 0 N–H and O–H groups in total. The standard InChI is InChI=1S/C15H12N2O2S2/c18-17(19)14-8-4-2-6-12(14)10-21-15-16-13-7-3-1-5-11(13)9-20-15/h1-8H,9-10H2. The Labute approximate surface area is 130 Å². The Morgan fingerprint density at radius 2 is 1.95 bits per heavy atom. The molecule has 0 unspecified atom stereocenters. The first-order valence-electron chi connectivity index (χ1n) is 6.38. The van der Waals surface area contributed by atoms with Gasteiger partial charge >= 0.3 is 0 Å². The molecule has 1 aliphatic rings. The summed E-state index contributed by atoms with van der Waals surface area (Å²) in [5, 5.41) is 11.0. The number of para-hydroxylation sites is 2. The molecule has 0 amide bonds. The number of thioether (sulfide) groups is 2. The van der Waals surface area contributed by atoms with E-state index in [4.69, 9.17) is 0 Å². The third kappa shape index (κ3) is 3.28. The van der Waals surface area contributed by atoms with E-state index in [1.807, 2.05) is 24.3 Å². The number of hydrogen-bond acceptors (Lipinski definition) is 5. The maximum absolute atomic E-state index is 11.0. The normalized spacial score (nSPS) is 13.4. The second kappa shape index (κ2) is 6.32. The van der Waals surface area contributed by atoms with Crippen LogP contribution in [0.2, 0.25) is 0 Å². The van der Waals surface area contributed by atoms with Crippen LogP contribution >= 0.6 is 23.5 Å². The van der Waals surface area contributed by atoms with Crippen LogP contribution in [0.4, 0.5) is 11.4 Å². The van der Waals surface area contributed by atoms with E-state index < -0.39 is 0 Å². The number of nitro benzene ring substituents is 1. The molecule has 3 rings (SSSR count). The summed E-state index contributed by atoms with van der Waals surface area (Å²) in [6.45, 7) is 0. The number of nitrogens with zero attached hydrogens (tertiary/aromatic N) is 2. The average molecular weight is 316 g/mol. The molecule has 106 valence electrons. The van der Waals surface area contributed by atoms with Gasteiger partial charge in [-0.2, -0.15) is 0 Å². The monoisotopic (exact) mass is 316 g/mol. The summed E-state index contributed by atoms with van der Waals surface area (Å²) in [5.41, 5.74) is 3.14. The van der Waals surface area contributed by atoms with Crippen LogP contribution in [0, 0.1) is 10.1 Å².